The lowest BCUT2D eigenvalue weighted by Crippen LogP contribution is -2.13. The Bertz CT molecular complexity index is 567. The van der Waals surface area contributed by atoms with Crippen LogP contribution in [0.2, 0.25) is 0 Å². The molecule has 0 aromatic heterocycles. The molecule has 0 aliphatic heterocycles. The molecule has 0 radical (unpaired) electrons. The van der Waals surface area contributed by atoms with E-state index < -0.39 is 0 Å². The van der Waals surface area contributed by atoms with Crippen LogP contribution in [0.15, 0.2) is 42.5 Å². The van der Waals surface area contributed by atoms with Gasteiger partial charge in [-0.15, -0.1) is 0 Å². The highest BCUT2D eigenvalue weighted by Gasteiger charge is 2.04. The summed E-state index contributed by atoms with van der Waals surface area (Å²) in [6.07, 6.45) is 0. The zero-order valence-electron chi connectivity index (χ0n) is 12.3. The summed E-state index contributed by atoms with van der Waals surface area (Å²) in [6, 6.07) is 14.4. The average Bonchev–Trinajstić information content (AvgIpc) is 2.49. The maximum atomic E-state index is 5.31. The predicted molar refractivity (Wildman–Crippen MR) is 81.3 cm³/mol. The number of benzene rings is 2. The molecule has 0 heterocycles. The molecule has 2 rings (SSSR count). The standard InChI is InChI=1S/C17H21NO2/c1-13-6-4-5-7-15(13)12-18-11-14-8-9-16(19-2)17(10-14)20-3/h4-10,18H,11-12H2,1-3H3. The van der Waals surface area contributed by atoms with Crippen LogP contribution in [0, 0.1) is 6.92 Å². The van der Waals surface area contributed by atoms with E-state index in [1.807, 2.05) is 18.2 Å². The van der Waals surface area contributed by atoms with E-state index in [1.54, 1.807) is 14.2 Å². The van der Waals surface area contributed by atoms with Crippen LogP contribution in [0.3, 0.4) is 0 Å². The fourth-order valence-corrected chi connectivity index (χ4v) is 2.14. The molecule has 0 aliphatic rings. The molecule has 2 aromatic carbocycles. The van der Waals surface area contributed by atoms with Crippen molar-refractivity contribution >= 4 is 0 Å². The summed E-state index contributed by atoms with van der Waals surface area (Å²) in [4.78, 5) is 0. The van der Waals surface area contributed by atoms with Crippen molar-refractivity contribution in [3.8, 4) is 11.5 Å². The van der Waals surface area contributed by atoms with E-state index in [2.05, 4.69) is 36.5 Å². The van der Waals surface area contributed by atoms with E-state index in [0.29, 0.717) is 0 Å². The fraction of sp³-hybridized carbons (Fsp3) is 0.294. The molecule has 0 spiro atoms. The number of nitrogens with one attached hydrogen (secondary N) is 1. The van der Waals surface area contributed by atoms with Gasteiger partial charge in [-0.3, -0.25) is 0 Å². The lowest BCUT2D eigenvalue weighted by Gasteiger charge is -2.11. The Hall–Kier alpha value is -2.00. The van der Waals surface area contributed by atoms with Crippen LogP contribution in [0.5, 0.6) is 11.5 Å². The van der Waals surface area contributed by atoms with E-state index in [1.165, 1.54) is 16.7 Å². The van der Waals surface area contributed by atoms with Crippen molar-refractivity contribution < 1.29 is 9.47 Å². The Morgan fingerprint density at radius 3 is 2.35 bits per heavy atom. The molecular weight excluding hydrogens is 250 g/mol. The van der Waals surface area contributed by atoms with Gasteiger partial charge >= 0.3 is 0 Å². The molecule has 3 heteroatoms. The summed E-state index contributed by atoms with van der Waals surface area (Å²) in [5.74, 6) is 1.53. The van der Waals surface area contributed by atoms with E-state index >= 15 is 0 Å². The normalized spacial score (nSPS) is 10.3. The third-order valence-electron chi connectivity index (χ3n) is 3.35. The zero-order valence-corrected chi connectivity index (χ0v) is 12.3. The molecule has 1 N–H and O–H groups in total. The summed E-state index contributed by atoms with van der Waals surface area (Å²) >= 11 is 0. The molecule has 0 bridgehead atoms. The molecule has 2 aromatic rings. The Kier molecular flexibility index (Phi) is 5.02. The first-order valence-corrected chi connectivity index (χ1v) is 6.70. The van der Waals surface area contributed by atoms with E-state index in [4.69, 9.17) is 9.47 Å². The number of methoxy groups -OCH3 is 2. The van der Waals surface area contributed by atoms with Crippen LogP contribution in [0.1, 0.15) is 16.7 Å². The summed E-state index contributed by atoms with van der Waals surface area (Å²) < 4.78 is 10.5. The molecule has 106 valence electrons. The molecule has 0 atom stereocenters. The average molecular weight is 271 g/mol. The molecule has 0 saturated carbocycles. The minimum absolute atomic E-state index is 0.759. The second kappa shape index (κ2) is 6.96. The summed E-state index contributed by atoms with van der Waals surface area (Å²) in [7, 11) is 3.30. The van der Waals surface area contributed by atoms with Gasteiger partial charge in [-0.1, -0.05) is 30.3 Å². The van der Waals surface area contributed by atoms with Crippen molar-refractivity contribution in [2.24, 2.45) is 0 Å². The first-order chi connectivity index (χ1) is 9.74. The number of ether oxygens (including phenoxy) is 2. The van der Waals surface area contributed by atoms with Crippen LogP contribution in [0.4, 0.5) is 0 Å². The van der Waals surface area contributed by atoms with Crippen molar-refractivity contribution in [1.29, 1.82) is 0 Å². The molecule has 3 nitrogen and oxygen atoms in total. The quantitative estimate of drug-likeness (QED) is 0.874. The van der Waals surface area contributed by atoms with Crippen molar-refractivity contribution in [1.82, 2.24) is 5.32 Å². The van der Waals surface area contributed by atoms with Crippen LogP contribution in [0.25, 0.3) is 0 Å². The van der Waals surface area contributed by atoms with Gasteiger partial charge in [-0.25, -0.2) is 0 Å². The molecule has 0 unspecified atom stereocenters. The van der Waals surface area contributed by atoms with Crippen LogP contribution < -0.4 is 14.8 Å². The molecule has 20 heavy (non-hydrogen) atoms. The van der Waals surface area contributed by atoms with Gasteiger partial charge in [0.25, 0.3) is 0 Å². The Morgan fingerprint density at radius 2 is 1.65 bits per heavy atom. The first-order valence-electron chi connectivity index (χ1n) is 6.70. The molecule has 0 fully saturated rings. The SMILES string of the molecule is COc1ccc(CNCc2ccccc2C)cc1OC. The third-order valence-corrected chi connectivity index (χ3v) is 3.35. The largest absolute Gasteiger partial charge is 0.493 e. The van der Waals surface area contributed by atoms with Gasteiger partial charge < -0.3 is 14.8 Å². The van der Waals surface area contributed by atoms with Gasteiger partial charge in [-0.05, 0) is 35.7 Å². The third kappa shape index (κ3) is 3.52. The first kappa shape index (κ1) is 14.4. The van der Waals surface area contributed by atoms with Crippen molar-refractivity contribution in [2.75, 3.05) is 14.2 Å². The van der Waals surface area contributed by atoms with Crippen LogP contribution in [-0.2, 0) is 13.1 Å². The van der Waals surface area contributed by atoms with Gasteiger partial charge in [0.15, 0.2) is 11.5 Å². The van der Waals surface area contributed by atoms with Crippen molar-refractivity contribution in [3.05, 3.63) is 59.2 Å². The van der Waals surface area contributed by atoms with Crippen molar-refractivity contribution in [2.45, 2.75) is 20.0 Å². The Labute approximate surface area is 120 Å². The maximum Gasteiger partial charge on any atom is 0.161 e. The maximum absolute atomic E-state index is 5.31. The lowest BCUT2D eigenvalue weighted by atomic mass is 10.1. The summed E-state index contributed by atoms with van der Waals surface area (Å²) in [6.45, 7) is 3.79. The van der Waals surface area contributed by atoms with Crippen LogP contribution >= 0.6 is 0 Å². The lowest BCUT2D eigenvalue weighted by molar-refractivity contribution is 0.354. The van der Waals surface area contributed by atoms with Gasteiger partial charge in [0, 0.05) is 13.1 Å². The smallest absolute Gasteiger partial charge is 0.161 e. The predicted octanol–water partition coefficient (Wildman–Crippen LogP) is 3.30. The minimum atomic E-state index is 0.759. The van der Waals surface area contributed by atoms with Gasteiger partial charge in [0.05, 0.1) is 14.2 Å². The van der Waals surface area contributed by atoms with E-state index in [0.717, 1.165) is 24.6 Å². The highest BCUT2D eigenvalue weighted by atomic mass is 16.5. The Morgan fingerprint density at radius 1 is 0.900 bits per heavy atom. The van der Waals surface area contributed by atoms with Gasteiger partial charge in [-0.2, -0.15) is 0 Å². The molecule has 0 amide bonds. The molecule has 0 aliphatic carbocycles. The fourth-order valence-electron chi connectivity index (χ4n) is 2.14. The highest BCUT2D eigenvalue weighted by Crippen LogP contribution is 2.27. The number of aryl methyl sites for hydroxylation is 1. The van der Waals surface area contributed by atoms with E-state index in [9.17, 15) is 0 Å². The number of rotatable bonds is 6. The second-order valence-electron chi connectivity index (χ2n) is 4.72. The summed E-state index contributed by atoms with van der Waals surface area (Å²) in [5, 5.41) is 3.45. The highest BCUT2D eigenvalue weighted by molar-refractivity contribution is 5.42. The number of hydrogen-bond donors (Lipinski definition) is 1. The van der Waals surface area contributed by atoms with Gasteiger partial charge in [0.1, 0.15) is 0 Å². The second-order valence-corrected chi connectivity index (χ2v) is 4.72. The van der Waals surface area contributed by atoms with E-state index in [-0.39, 0.29) is 0 Å². The summed E-state index contributed by atoms with van der Waals surface area (Å²) in [5.41, 5.74) is 3.82. The number of hydrogen-bond acceptors (Lipinski definition) is 3. The molecule has 0 saturated heterocycles. The monoisotopic (exact) mass is 271 g/mol. The van der Waals surface area contributed by atoms with Crippen LogP contribution in [-0.4, -0.2) is 14.2 Å². The topological polar surface area (TPSA) is 30.5 Å². The van der Waals surface area contributed by atoms with Gasteiger partial charge in [0.2, 0.25) is 0 Å². The molecular formula is C17H21NO2. The van der Waals surface area contributed by atoms with Crippen molar-refractivity contribution in [3.63, 3.8) is 0 Å². The minimum Gasteiger partial charge on any atom is -0.493 e. The zero-order chi connectivity index (χ0) is 14.4. The Balaban J connectivity index is 1.96.